The first-order chi connectivity index (χ1) is 8.66. The quantitative estimate of drug-likeness (QED) is 0.601. The predicted octanol–water partition coefficient (Wildman–Crippen LogP) is 2.25. The minimum Gasteiger partial charge on any atom is -0.507 e. The summed E-state index contributed by atoms with van der Waals surface area (Å²) in [5.41, 5.74) is 3.37. The van der Waals surface area contributed by atoms with Crippen LogP contribution in [0.5, 0.6) is 5.75 Å². The number of phenols is 1. The third kappa shape index (κ3) is 2.98. The van der Waals surface area contributed by atoms with Crippen LogP contribution in [0.2, 0.25) is 0 Å². The van der Waals surface area contributed by atoms with Crippen LogP contribution in [0.3, 0.4) is 0 Å². The highest BCUT2D eigenvalue weighted by Gasteiger charge is 2.03. The summed E-state index contributed by atoms with van der Waals surface area (Å²) in [6, 6.07) is 6.59. The first-order valence-corrected chi connectivity index (χ1v) is 5.91. The Morgan fingerprint density at radius 1 is 1.44 bits per heavy atom. The van der Waals surface area contributed by atoms with Gasteiger partial charge in [-0.25, -0.2) is 5.43 Å². The number of carbonyl (C=O) groups excluding carboxylic acids is 1. The molecule has 0 aliphatic carbocycles. The number of aromatic hydroxyl groups is 1. The number of rotatable bonds is 3. The minimum absolute atomic E-state index is 0.0952. The van der Waals surface area contributed by atoms with Crippen molar-refractivity contribution < 1.29 is 9.90 Å². The van der Waals surface area contributed by atoms with Crippen molar-refractivity contribution in [2.45, 2.75) is 0 Å². The average Bonchev–Trinajstić information content (AvgIpc) is 2.87. The molecule has 0 fully saturated rings. The van der Waals surface area contributed by atoms with Gasteiger partial charge in [0.15, 0.2) is 0 Å². The molecule has 1 aromatic carbocycles. The minimum atomic E-state index is -0.318. The molecule has 2 rings (SSSR count). The zero-order valence-corrected chi connectivity index (χ0v) is 10.8. The molecule has 0 atom stereocenters. The summed E-state index contributed by atoms with van der Waals surface area (Å²) < 4.78 is 0.818. The van der Waals surface area contributed by atoms with Gasteiger partial charge >= 0.3 is 0 Å². The summed E-state index contributed by atoms with van der Waals surface area (Å²) in [4.78, 5) is 14.3. The topological polar surface area (TPSA) is 77.5 Å². The van der Waals surface area contributed by atoms with E-state index >= 15 is 0 Å². The van der Waals surface area contributed by atoms with E-state index in [1.807, 2.05) is 0 Å². The van der Waals surface area contributed by atoms with Crippen LogP contribution in [-0.4, -0.2) is 22.2 Å². The molecule has 0 saturated carbocycles. The van der Waals surface area contributed by atoms with Gasteiger partial charge in [0.2, 0.25) is 0 Å². The molecule has 0 bridgehead atoms. The summed E-state index contributed by atoms with van der Waals surface area (Å²) >= 11 is 3.28. The van der Waals surface area contributed by atoms with Crippen LogP contribution in [0.4, 0.5) is 0 Å². The second-order valence-electron chi connectivity index (χ2n) is 3.50. The number of carbonyl (C=O) groups is 1. The highest BCUT2D eigenvalue weighted by atomic mass is 79.9. The van der Waals surface area contributed by atoms with E-state index in [1.54, 1.807) is 36.7 Å². The van der Waals surface area contributed by atoms with Gasteiger partial charge in [0.05, 0.1) is 11.8 Å². The Balaban J connectivity index is 2.03. The van der Waals surface area contributed by atoms with Crippen LogP contribution in [0.1, 0.15) is 15.9 Å². The Morgan fingerprint density at radius 3 is 3.00 bits per heavy atom. The average molecular weight is 308 g/mol. The molecule has 0 spiro atoms. The van der Waals surface area contributed by atoms with Crippen molar-refractivity contribution >= 4 is 28.1 Å². The van der Waals surface area contributed by atoms with Gasteiger partial charge in [-0.1, -0.05) is 15.9 Å². The van der Waals surface area contributed by atoms with Gasteiger partial charge in [-0.3, -0.25) is 4.79 Å². The van der Waals surface area contributed by atoms with E-state index in [0.29, 0.717) is 11.1 Å². The molecular formula is C12H10BrN3O2. The van der Waals surface area contributed by atoms with E-state index in [4.69, 9.17) is 0 Å². The molecule has 5 nitrogen and oxygen atoms in total. The highest BCUT2D eigenvalue weighted by molar-refractivity contribution is 9.10. The lowest BCUT2D eigenvalue weighted by molar-refractivity contribution is 0.0955. The Kier molecular flexibility index (Phi) is 3.78. The smallest absolute Gasteiger partial charge is 0.272 e. The van der Waals surface area contributed by atoms with Gasteiger partial charge in [0.25, 0.3) is 5.91 Å². The van der Waals surface area contributed by atoms with Crippen LogP contribution < -0.4 is 5.43 Å². The van der Waals surface area contributed by atoms with Gasteiger partial charge in [0.1, 0.15) is 5.75 Å². The zero-order valence-electron chi connectivity index (χ0n) is 9.22. The SMILES string of the molecule is O=C(N/N=C/c1cc(Br)ccc1O)c1cc[nH]c1. The lowest BCUT2D eigenvalue weighted by Crippen LogP contribution is -2.16. The van der Waals surface area contributed by atoms with Crippen molar-refractivity contribution in [3.8, 4) is 5.75 Å². The lowest BCUT2D eigenvalue weighted by Gasteiger charge is -1.99. The molecular weight excluding hydrogens is 298 g/mol. The summed E-state index contributed by atoms with van der Waals surface area (Å²) in [6.07, 6.45) is 4.60. The molecule has 1 aromatic heterocycles. The Labute approximate surface area is 112 Å². The third-order valence-corrected chi connectivity index (χ3v) is 2.71. The van der Waals surface area contributed by atoms with E-state index in [9.17, 15) is 9.90 Å². The number of nitrogens with one attached hydrogen (secondary N) is 2. The Bertz CT molecular complexity index is 579. The molecule has 6 heteroatoms. The summed E-state index contributed by atoms with van der Waals surface area (Å²) in [7, 11) is 0. The molecule has 0 aliphatic rings. The third-order valence-electron chi connectivity index (χ3n) is 2.22. The molecule has 18 heavy (non-hydrogen) atoms. The maximum Gasteiger partial charge on any atom is 0.272 e. The number of aromatic amines is 1. The van der Waals surface area contributed by atoms with E-state index < -0.39 is 0 Å². The number of phenolic OH excluding ortho intramolecular Hbond substituents is 1. The van der Waals surface area contributed by atoms with E-state index in [0.717, 1.165) is 4.47 Å². The van der Waals surface area contributed by atoms with Crippen molar-refractivity contribution in [3.05, 3.63) is 52.3 Å². The number of H-pyrrole nitrogens is 1. The van der Waals surface area contributed by atoms with Crippen molar-refractivity contribution in [2.24, 2.45) is 5.10 Å². The first-order valence-electron chi connectivity index (χ1n) is 5.11. The number of halogens is 1. The summed E-state index contributed by atoms with van der Waals surface area (Å²) in [5.74, 6) is -0.222. The van der Waals surface area contributed by atoms with Crippen LogP contribution in [0, 0.1) is 0 Å². The monoisotopic (exact) mass is 307 g/mol. The van der Waals surface area contributed by atoms with Gasteiger partial charge in [-0.05, 0) is 24.3 Å². The van der Waals surface area contributed by atoms with E-state index in [1.165, 1.54) is 6.21 Å². The van der Waals surface area contributed by atoms with Gasteiger partial charge < -0.3 is 10.1 Å². The fourth-order valence-electron chi connectivity index (χ4n) is 1.32. The molecule has 2 aromatic rings. The molecule has 1 amide bonds. The second-order valence-corrected chi connectivity index (χ2v) is 4.42. The number of hydrogen-bond acceptors (Lipinski definition) is 3. The van der Waals surface area contributed by atoms with Gasteiger partial charge in [-0.2, -0.15) is 5.10 Å². The molecule has 0 unspecified atom stereocenters. The van der Waals surface area contributed by atoms with Gasteiger partial charge in [0, 0.05) is 22.4 Å². The standard InChI is InChI=1S/C12H10BrN3O2/c13-10-1-2-11(17)9(5-10)7-15-16-12(18)8-3-4-14-6-8/h1-7,14,17H,(H,16,18)/b15-7+. The molecule has 0 radical (unpaired) electrons. The van der Waals surface area contributed by atoms with Crippen molar-refractivity contribution in [2.75, 3.05) is 0 Å². The van der Waals surface area contributed by atoms with E-state index in [2.05, 4.69) is 31.4 Å². The molecule has 0 aliphatic heterocycles. The van der Waals surface area contributed by atoms with Crippen LogP contribution in [-0.2, 0) is 0 Å². The fourth-order valence-corrected chi connectivity index (χ4v) is 1.70. The molecule has 3 N–H and O–H groups in total. The van der Waals surface area contributed by atoms with E-state index in [-0.39, 0.29) is 11.7 Å². The maximum absolute atomic E-state index is 11.5. The number of aromatic nitrogens is 1. The van der Waals surface area contributed by atoms with Crippen molar-refractivity contribution in [3.63, 3.8) is 0 Å². The van der Waals surface area contributed by atoms with Crippen LogP contribution >= 0.6 is 15.9 Å². The molecule has 0 saturated heterocycles. The number of hydrogen-bond donors (Lipinski definition) is 3. The largest absolute Gasteiger partial charge is 0.507 e. The highest BCUT2D eigenvalue weighted by Crippen LogP contribution is 2.19. The van der Waals surface area contributed by atoms with Crippen LogP contribution in [0.15, 0.2) is 46.2 Å². The molecule has 1 heterocycles. The Hall–Kier alpha value is -2.08. The predicted molar refractivity (Wildman–Crippen MR) is 71.7 cm³/mol. The number of amides is 1. The fraction of sp³-hybridized carbons (Fsp3) is 0. The van der Waals surface area contributed by atoms with Gasteiger partial charge in [-0.15, -0.1) is 0 Å². The Morgan fingerprint density at radius 2 is 2.28 bits per heavy atom. The first kappa shape index (κ1) is 12.4. The number of nitrogens with zero attached hydrogens (tertiary/aromatic N) is 1. The maximum atomic E-state index is 11.5. The second kappa shape index (κ2) is 5.50. The van der Waals surface area contributed by atoms with Crippen molar-refractivity contribution in [1.29, 1.82) is 0 Å². The molecule has 92 valence electrons. The number of benzene rings is 1. The summed E-state index contributed by atoms with van der Waals surface area (Å²) in [5, 5.41) is 13.3. The summed E-state index contributed by atoms with van der Waals surface area (Å²) in [6.45, 7) is 0. The number of hydrazone groups is 1. The normalized spacial score (nSPS) is 10.7. The van der Waals surface area contributed by atoms with Crippen LogP contribution in [0.25, 0.3) is 0 Å². The van der Waals surface area contributed by atoms with Crippen molar-refractivity contribution in [1.82, 2.24) is 10.4 Å². The lowest BCUT2D eigenvalue weighted by atomic mass is 10.2. The zero-order chi connectivity index (χ0) is 13.0.